The van der Waals surface area contributed by atoms with Gasteiger partial charge in [0.15, 0.2) is 17.3 Å². The van der Waals surface area contributed by atoms with E-state index in [2.05, 4.69) is 30.9 Å². The summed E-state index contributed by atoms with van der Waals surface area (Å²) in [5.41, 5.74) is 2.06. The third kappa shape index (κ3) is 2.95. The lowest BCUT2D eigenvalue weighted by Crippen LogP contribution is -1.85. The number of nitrogens with zero attached hydrogens (tertiary/aromatic N) is 3. The summed E-state index contributed by atoms with van der Waals surface area (Å²) in [5.74, 6) is 2.21. The van der Waals surface area contributed by atoms with E-state index in [1.165, 1.54) is 6.33 Å². The van der Waals surface area contributed by atoms with E-state index in [4.69, 9.17) is 13.3 Å². The van der Waals surface area contributed by atoms with Crippen molar-refractivity contribution in [3.05, 3.63) is 77.4 Å². The van der Waals surface area contributed by atoms with E-state index in [1.54, 1.807) is 24.8 Å². The molecule has 0 saturated carbocycles. The van der Waals surface area contributed by atoms with Gasteiger partial charge < -0.3 is 13.3 Å². The maximum absolute atomic E-state index is 5.99. The van der Waals surface area contributed by atoms with Gasteiger partial charge in [0.25, 0.3) is 0 Å². The highest BCUT2D eigenvalue weighted by atomic mass is 79.9. The molecule has 0 spiro atoms. The molecule has 6 nitrogen and oxygen atoms in total. The summed E-state index contributed by atoms with van der Waals surface area (Å²) >= 11 is 3.47. The molecular formula is C21H12BrN3O3. The lowest BCUT2D eigenvalue weighted by atomic mass is 10.1. The molecule has 0 N–H and O–H groups in total. The lowest BCUT2D eigenvalue weighted by Gasteiger charge is -1.99. The molecule has 1 aromatic carbocycles. The Labute approximate surface area is 167 Å². The van der Waals surface area contributed by atoms with Gasteiger partial charge in [-0.2, -0.15) is 0 Å². The van der Waals surface area contributed by atoms with Crippen LogP contribution in [-0.4, -0.2) is 16.2 Å². The Balaban J connectivity index is 1.73. The molecule has 5 rings (SSSR count). The first-order valence-electron chi connectivity index (χ1n) is 8.44. The molecule has 4 aromatic heterocycles. The van der Waals surface area contributed by atoms with Gasteiger partial charge in [-0.05, 0) is 42.0 Å². The third-order valence-electron chi connectivity index (χ3n) is 4.17. The molecular weight excluding hydrogens is 422 g/mol. The zero-order valence-electron chi connectivity index (χ0n) is 14.4. The van der Waals surface area contributed by atoms with Crippen molar-refractivity contribution in [1.82, 2.24) is 9.97 Å². The molecule has 0 aliphatic rings. The van der Waals surface area contributed by atoms with Crippen LogP contribution in [0.15, 0.2) is 90.1 Å². The average molecular weight is 434 g/mol. The van der Waals surface area contributed by atoms with Crippen molar-refractivity contribution in [2.45, 2.75) is 0 Å². The van der Waals surface area contributed by atoms with Crippen LogP contribution in [0.1, 0.15) is 5.56 Å². The first-order valence-corrected chi connectivity index (χ1v) is 9.24. The summed E-state index contributed by atoms with van der Waals surface area (Å²) in [5, 5.41) is 0.662. The number of hydrogen-bond donors (Lipinski definition) is 0. The summed E-state index contributed by atoms with van der Waals surface area (Å²) in [7, 11) is 0. The molecule has 4 heterocycles. The smallest absolute Gasteiger partial charge is 0.232 e. The van der Waals surface area contributed by atoms with Crippen molar-refractivity contribution >= 4 is 39.1 Å². The Morgan fingerprint density at radius 2 is 1.75 bits per heavy atom. The second-order valence-corrected chi connectivity index (χ2v) is 6.87. The SMILES string of the molecule is Brc1cccc(C=Nc2ncnc3oc(-c4ccco4)c(-c4ccco4)c23)c1. The first-order chi connectivity index (χ1) is 13.8. The minimum absolute atomic E-state index is 0.411. The maximum atomic E-state index is 5.99. The highest BCUT2D eigenvalue weighted by Crippen LogP contribution is 2.43. The molecule has 0 aliphatic heterocycles. The van der Waals surface area contributed by atoms with E-state index in [1.807, 2.05) is 42.5 Å². The number of fused-ring (bicyclic) bond motifs is 1. The Morgan fingerprint density at radius 3 is 2.50 bits per heavy atom. The standard InChI is InChI=1S/C21H12BrN3O3/c22-14-5-1-4-13(10-14)11-23-20-18-17(15-6-2-8-26-15)19(16-7-3-9-27-16)28-21(18)25-12-24-20/h1-12H. The van der Waals surface area contributed by atoms with Crippen LogP contribution in [0.4, 0.5) is 5.82 Å². The number of aromatic nitrogens is 2. The van der Waals surface area contributed by atoms with Crippen LogP contribution in [0.2, 0.25) is 0 Å². The monoisotopic (exact) mass is 433 g/mol. The van der Waals surface area contributed by atoms with Crippen LogP contribution >= 0.6 is 15.9 Å². The van der Waals surface area contributed by atoms with E-state index in [9.17, 15) is 0 Å². The fourth-order valence-corrected chi connectivity index (χ4v) is 3.39. The van der Waals surface area contributed by atoms with Crippen molar-refractivity contribution in [2.24, 2.45) is 4.99 Å². The van der Waals surface area contributed by atoms with Crippen LogP contribution in [0.5, 0.6) is 0 Å². The van der Waals surface area contributed by atoms with Gasteiger partial charge in [-0.15, -0.1) is 0 Å². The summed E-state index contributed by atoms with van der Waals surface area (Å²) in [6.07, 6.45) is 6.37. The highest BCUT2D eigenvalue weighted by Gasteiger charge is 2.24. The normalized spacial score (nSPS) is 11.6. The maximum Gasteiger partial charge on any atom is 0.232 e. The number of benzene rings is 1. The van der Waals surface area contributed by atoms with Gasteiger partial charge in [0.1, 0.15) is 12.1 Å². The predicted molar refractivity (Wildman–Crippen MR) is 109 cm³/mol. The van der Waals surface area contributed by atoms with Crippen molar-refractivity contribution in [3.63, 3.8) is 0 Å². The predicted octanol–water partition coefficient (Wildman–Crippen LogP) is 6.26. The van der Waals surface area contributed by atoms with Crippen LogP contribution in [0, 0.1) is 0 Å². The van der Waals surface area contributed by atoms with Gasteiger partial charge in [-0.3, -0.25) is 0 Å². The fourth-order valence-electron chi connectivity index (χ4n) is 2.98. The first kappa shape index (κ1) is 16.7. The molecule has 136 valence electrons. The van der Waals surface area contributed by atoms with Gasteiger partial charge in [0.05, 0.1) is 23.5 Å². The lowest BCUT2D eigenvalue weighted by molar-refractivity contribution is 0.536. The van der Waals surface area contributed by atoms with Crippen molar-refractivity contribution < 1.29 is 13.3 Å². The van der Waals surface area contributed by atoms with Gasteiger partial charge >= 0.3 is 0 Å². The fraction of sp³-hybridized carbons (Fsp3) is 0. The van der Waals surface area contributed by atoms with Gasteiger partial charge in [-0.25, -0.2) is 15.0 Å². The second-order valence-electron chi connectivity index (χ2n) is 5.95. The summed E-state index contributed by atoms with van der Waals surface area (Å²) in [6, 6.07) is 15.1. The highest BCUT2D eigenvalue weighted by molar-refractivity contribution is 9.10. The van der Waals surface area contributed by atoms with Crippen molar-refractivity contribution in [2.75, 3.05) is 0 Å². The molecule has 0 unspecified atom stereocenters. The molecule has 0 amide bonds. The molecule has 0 saturated heterocycles. The molecule has 5 aromatic rings. The third-order valence-corrected chi connectivity index (χ3v) is 4.66. The molecule has 0 aliphatic carbocycles. The number of rotatable bonds is 4. The second kappa shape index (κ2) is 6.94. The Hall–Kier alpha value is -3.45. The number of halogens is 1. The quantitative estimate of drug-likeness (QED) is 0.312. The zero-order chi connectivity index (χ0) is 18.9. The molecule has 0 radical (unpaired) electrons. The molecule has 0 bridgehead atoms. The Bertz CT molecular complexity index is 1270. The van der Waals surface area contributed by atoms with E-state index >= 15 is 0 Å². The molecule has 28 heavy (non-hydrogen) atoms. The molecule has 0 atom stereocenters. The van der Waals surface area contributed by atoms with Gasteiger partial charge in [0, 0.05) is 10.7 Å². The largest absolute Gasteiger partial charge is 0.464 e. The van der Waals surface area contributed by atoms with E-state index in [-0.39, 0.29) is 0 Å². The van der Waals surface area contributed by atoms with Crippen LogP contribution in [-0.2, 0) is 0 Å². The van der Waals surface area contributed by atoms with E-state index < -0.39 is 0 Å². The van der Waals surface area contributed by atoms with E-state index in [0.29, 0.717) is 39.8 Å². The molecule has 0 fully saturated rings. The zero-order valence-corrected chi connectivity index (χ0v) is 16.0. The summed E-state index contributed by atoms with van der Waals surface area (Å²) in [4.78, 5) is 13.2. The van der Waals surface area contributed by atoms with Crippen LogP contribution in [0.25, 0.3) is 33.9 Å². The topological polar surface area (TPSA) is 77.6 Å². The van der Waals surface area contributed by atoms with Gasteiger partial charge in [-0.1, -0.05) is 28.1 Å². The molecule has 7 heteroatoms. The Kier molecular flexibility index (Phi) is 4.14. The van der Waals surface area contributed by atoms with Crippen molar-refractivity contribution in [1.29, 1.82) is 0 Å². The summed E-state index contributed by atoms with van der Waals surface area (Å²) in [6.45, 7) is 0. The summed E-state index contributed by atoms with van der Waals surface area (Å²) < 4.78 is 18.2. The average Bonchev–Trinajstić information content (AvgIpc) is 3.45. The number of furan rings is 3. The Morgan fingerprint density at radius 1 is 0.929 bits per heavy atom. The minimum Gasteiger partial charge on any atom is -0.464 e. The number of aliphatic imine (C=N–C) groups is 1. The van der Waals surface area contributed by atoms with Crippen molar-refractivity contribution in [3.8, 4) is 22.8 Å². The van der Waals surface area contributed by atoms with Gasteiger partial charge in [0.2, 0.25) is 5.71 Å². The van der Waals surface area contributed by atoms with Crippen LogP contribution < -0.4 is 0 Å². The van der Waals surface area contributed by atoms with Crippen LogP contribution in [0.3, 0.4) is 0 Å². The minimum atomic E-state index is 0.411. The number of hydrogen-bond acceptors (Lipinski definition) is 6. The van der Waals surface area contributed by atoms with E-state index in [0.717, 1.165) is 10.0 Å².